The lowest BCUT2D eigenvalue weighted by Gasteiger charge is -2.16. The molecule has 0 saturated heterocycles. The van der Waals surface area contributed by atoms with Crippen LogP contribution in [0.1, 0.15) is 38.1 Å². The number of hydrogen-bond acceptors (Lipinski definition) is 8. The maximum atomic E-state index is 12.9. The van der Waals surface area contributed by atoms with Gasteiger partial charge in [-0.15, -0.1) is 10.2 Å². The number of carbonyl (C=O) groups excluding carboxylic acids is 1. The van der Waals surface area contributed by atoms with Crippen molar-refractivity contribution in [3.8, 4) is 33.6 Å². The zero-order valence-electron chi connectivity index (χ0n) is 18.6. The van der Waals surface area contributed by atoms with Crippen molar-refractivity contribution in [3.05, 3.63) is 42.0 Å². The number of amides is 1. The van der Waals surface area contributed by atoms with Crippen molar-refractivity contribution in [1.82, 2.24) is 10.2 Å². The van der Waals surface area contributed by atoms with Gasteiger partial charge in [0, 0.05) is 11.1 Å². The van der Waals surface area contributed by atoms with E-state index in [-0.39, 0.29) is 5.91 Å². The SMILES string of the molecule is CCOc1ccc(-c2nnc(NC(=O)c3cc(OCC)c(OCC)c(OCC)c3)s2)cc1. The third kappa shape index (κ3) is 5.67. The summed E-state index contributed by atoms with van der Waals surface area (Å²) in [5.41, 5.74) is 1.27. The van der Waals surface area contributed by atoms with Crippen LogP contribution in [0.25, 0.3) is 10.6 Å². The molecule has 0 fully saturated rings. The van der Waals surface area contributed by atoms with Crippen molar-refractivity contribution in [2.75, 3.05) is 31.7 Å². The number of carbonyl (C=O) groups is 1. The lowest BCUT2D eigenvalue weighted by atomic mass is 10.1. The summed E-state index contributed by atoms with van der Waals surface area (Å²) in [6.07, 6.45) is 0. The number of benzene rings is 2. The Bertz CT molecular complexity index is 1010. The quantitative estimate of drug-likeness (QED) is 0.431. The topological polar surface area (TPSA) is 91.8 Å². The Hall–Kier alpha value is -3.33. The first-order valence-corrected chi connectivity index (χ1v) is 11.4. The molecule has 0 unspecified atom stereocenters. The second-order valence-corrected chi connectivity index (χ2v) is 7.40. The Kier molecular flexibility index (Phi) is 8.27. The molecule has 0 bridgehead atoms. The normalized spacial score (nSPS) is 10.5. The fourth-order valence-electron chi connectivity index (χ4n) is 2.94. The fourth-order valence-corrected chi connectivity index (χ4v) is 3.68. The fraction of sp³-hybridized carbons (Fsp3) is 0.348. The van der Waals surface area contributed by atoms with Crippen molar-refractivity contribution >= 4 is 22.4 Å². The van der Waals surface area contributed by atoms with Crippen LogP contribution in [0.2, 0.25) is 0 Å². The van der Waals surface area contributed by atoms with Gasteiger partial charge in [0.05, 0.1) is 26.4 Å². The summed E-state index contributed by atoms with van der Waals surface area (Å²) in [7, 11) is 0. The Morgan fingerprint density at radius 1 is 0.844 bits per heavy atom. The molecule has 0 aliphatic carbocycles. The van der Waals surface area contributed by atoms with Crippen molar-refractivity contribution < 1.29 is 23.7 Å². The van der Waals surface area contributed by atoms with Crippen molar-refractivity contribution in [3.63, 3.8) is 0 Å². The number of hydrogen-bond donors (Lipinski definition) is 1. The van der Waals surface area contributed by atoms with E-state index in [4.69, 9.17) is 18.9 Å². The van der Waals surface area contributed by atoms with Gasteiger partial charge in [-0.1, -0.05) is 11.3 Å². The Morgan fingerprint density at radius 3 is 2.00 bits per heavy atom. The van der Waals surface area contributed by atoms with Crippen LogP contribution in [0, 0.1) is 0 Å². The van der Waals surface area contributed by atoms with Gasteiger partial charge < -0.3 is 18.9 Å². The predicted octanol–water partition coefficient (Wildman–Crippen LogP) is 5.05. The average molecular weight is 458 g/mol. The molecule has 0 aliphatic rings. The van der Waals surface area contributed by atoms with Crippen LogP contribution in [0.15, 0.2) is 36.4 Å². The number of anilines is 1. The van der Waals surface area contributed by atoms with E-state index in [0.717, 1.165) is 11.3 Å². The van der Waals surface area contributed by atoms with Gasteiger partial charge in [-0.3, -0.25) is 10.1 Å². The summed E-state index contributed by atoms with van der Waals surface area (Å²) >= 11 is 1.29. The van der Waals surface area contributed by atoms with Gasteiger partial charge in [0.1, 0.15) is 10.8 Å². The van der Waals surface area contributed by atoms with E-state index in [1.165, 1.54) is 11.3 Å². The van der Waals surface area contributed by atoms with Gasteiger partial charge in [-0.05, 0) is 64.1 Å². The van der Waals surface area contributed by atoms with Gasteiger partial charge >= 0.3 is 0 Å². The Balaban J connectivity index is 1.80. The lowest BCUT2D eigenvalue weighted by Crippen LogP contribution is -2.13. The molecular formula is C23H27N3O5S. The summed E-state index contributed by atoms with van der Waals surface area (Å²) in [6.45, 7) is 9.47. The molecule has 1 N–H and O–H groups in total. The molecule has 0 spiro atoms. The monoisotopic (exact) mass is 457 g/mol. The Morgan fingerprint density at radius 2 is 1.44 bits per heavy atom. The molecule has 1 aromatic heterocycles. The second-order valence-electron chi connectivity index (χ2n) is 6.42. The number of aromatic nitrogens is 2. The first-order valence-electron chi connectivity index (χ1n) is 10.5. The van der Waals surface area contributed by atoms with E-state index >= 15 is 0 Å². The summed E-state index contributed by atoms with van der Waals surface area (Å²) in [5, 5.41) is 12.2. The minimum atomic E-state index is -0.343. The standard InChI is InChI=1S/C23H27N3O5S/c1-5-28-17-11-9-15(10-12-17)22-25-26-23(32-22)24-21(27)16-13-18(29-6-2)20(31-8-4)19(14-16)30-7-3/h9-14H,5-8H2,1-4H3,(H,24,26,27). The third-order valence-corrected chi connectivity index (χ3v) is 5.12. The van der Waals surface area contributed by atoms with Crippen LogP contribution in [0.5, 0.6) is 23.0 Å². The van der Waals surface area contributed by atoms with E-state index < -0.39 is 0 Å². The molecule has 0 aliphatic heterocycles. The van der Waals surface area contributed by atoms with E-state index in [1.54, 1.807) is 12.1 Å². The van der Waals surface area contributed by atoms with Crippen LogP contribution in [-0.2, 0) is 0 Å². The molecular weight excluding hydrogens is 430 g/mol. The first kappa shape index (κ1) is 23.3. The number of ether oxygens (including phenoxy) is 4. The molecule has 1 heterocycles. The van der Waals surface area contributed by atoms with E-state index in [1.807, 2.05) is 52.0 Å². The summed E-state index contributed by atoms with van der Waals surface area (Å²) in [5.74, 6) is 1.85. The van der Waals surface area contributed by atoms with Gasteiger partial charge in [-0.25, -0.2) is 0 Å². The van der Waals surface area contributed by atoms with E-state index in [9.17, 15) is 4.79 Å². The van der Waals surface area contributed by atoms with Crippen molar-refractivity contribution in [2.24, 2.45) is 0 Å². The van der Waals surface area contributed by atoms with E-state index in [0.29, 0.717) is 59.4 Å². The first-order chi connectivity index (χ1) is 15.6. The molecule has 32 heavy (non-hydrogen) atoms. The maximum Gasteiger partial charge on any atom is 0.257 e. The van der Waals surface area contributed by atoms with Crippen molar-refractivity contribution in [2.45, 2.75) is 27.7 Å². The molecule has 8 nitrogen and oxygen atoms in total. The zero-order chi connectivity index (χ0) is 22.9. The van der Waals surface area contributed by atoms with E-state index in [2.05, 4.69) is 15.5 Å². The number of nitrogens with one attached hydrogen (secondary N) is 1. The molecule has 2 aromatic carbocycles. The van der Waals surface area contributed by atoms with Gasteiger partial charge in [0.25, 0.3) is 5.91 Å². The molecule has 3 rings (SSSR count). The molecule has 1 amide bonds. The Labute approximate surface area is 191 Å². The predicted molar refractivity (Wildman–Crippen MR) is 124 cm³/mol. The van der Waals surface area contributed by atoms with Crippen LogP contribution in [-0.4, -0.2) is 42.5 Å². The third-order valence-electron chi connectivity index (χ3n) is 4.23. The average Bonchev–Trinajstić information content (AvgIpc) is 3.25. The molecule has 3 aromatic rings. The maximum absolute atomic E-state index is 12.9. The minimum Gasteiger partial charge on any atom is -0.494 e. The lowest BCUT2D eigenvalue weighted by molar-refractivity contribution is 0.102. The van der Waals surface area contributed by atoms with Gasteiger partial charge in [0.15, 0.2) is 11.5 Å². The van der Waals surface area contributed by atoms with Crippen LogP contribution in [0.4, 0.5) is 5.13 Å². The van der Waals surface area contributed by atoms with Crippen LogP contribution >= 0.6 is 11.3 Å². The highest BCUT2D eigenvalue weighted by Gasteiger charge is 2.19. The second kappa shape index (κ2) is 11.3. The van der Waals surface area contributed by atoms with Crippen molar-refractivity contribution in [1.29, 1.82) is 0 Å². The number of rotatable bonds is 11. The minimum absolute atomic E-state index is 0.343. The van der Waals surface area contributed by atoms with Crippen LogP contribution in [0.3, 0.4) is 0 Å². The highest BCUT2D eigenvalue weighted by molar-refractivity contribution is 7.18. The molecule has 0 atom stereocenters. The summed E-state index contributed by atoms with van der Waals surface area (Å²) in [6, 6.07) is 10.9. The molecule has 9 heteroatoms. The summed E-state index contributed by atoms with van der Waals surface area (Å²) in [4.78, 5) is 12.9. The highest BCUT2D eigenvalue weighted by Crippen LogP contribution is 2.39. The van der Waals surface area contributed by atoms with Gasteiger partial charge in [-0.2, -0.15) is 0 Å². The smallest absolute Gasteiger partial charge is 0.257 e. The largest absolute Gasteiger partial charge is 0.494 e. The highest BCUT2D eigenvalue weighted by atomic mass is 32.1. The molecule has 170 valence electrons. The molecule has 0 radical (unpaired) electrons. The number of nitrogens with zero attached hydrogens (tertiary/aromatic N) is 2. The van der Waals surface area contributed by atoms with Crippen LogP contribution < -0.4 is 24.3 Å². The van der Waals surface area contributed by atoms with Gasteiger partial charge in [0.2, 0.25) is 10.9 Å². The molecule has 0 saturated carbocycles. The summed E-state index contributed by atoms with van der Waals surface area (Å²) < 4.78 is 22.5. The zero-order valence-corrected chi connectivity index (χ0v) is 19.5.